The van der Waals surface area contributed by atoms with Crippen LogP contribution in [0.25, 0.3) is 0 Å². The molecule has 10 heteroatoms. The Kier molecular flexibility index (Phi) is 6.05. The predicted molar refractivity (Wildman–Crippen MR) is 116 cm³/mol. The Balaban J connectivity index is 1.65. The van der Waals surface area contributed by atoms with Crippen LogP contribution < -0.4 is 37.6 Å². The van der Waals surface area contributed by atoms with E-state index in [1.165, 1.54) is 0 Å². The van der Waals surface area contributed by atoms with E-state index >= 15 is 0 Å². The maximum Gasteiger partial charge on any atom is 0.232 e. The fraction of sp³-hybridized carbons (Fsp3) is 0.842. The van der Waals surface area contributed by atoms with Gasteiger partial charge in [0.25, 0.3) is 0 Å². The second-order valence-corrected chi connectivity index (χ2v) is 9.23. The molecular weight excluding hydrogens is 368 g/mol. The van der Waals surface area contributed by atoms with E-state index in [4.69, 9.17) is 37.9 Å². The minimum Gasteiger partial charge on any atom is -0.341 e. The third-order valence-corrected chi connectivity index (χ3v) is 6.26. The van der Waals surface area contributed by atoms with E-state index in [9.17, 15) is 0 Å². The Morgan fingerprint density at radius 2 is 0.966 bits per heavy atom. The van der Waals surface area contributed by atoms with E-state index in [1.54, 1.807) is 0 Å². The van der Waals surface area contributed by atoms with Gasteiger partial charge in [-0.2, -0.15) is 15.0 Å². The largest absolute Gasteiger partial charge is 0.341 e. The van der Waals surface area contributed by atoms with Crippen LogP contribution in [0.2, 0.25) is 0 Å². The highest BCUT2D eigenvalue weighted by atomic mass is 15.4. The third kappa shape index (κ3) is 4.88. The molecule has 4 atom stereocenters. The molecule has 3 fully saturated rings. The van der Waals surface area contributed by atoms with Gasteiger partial charge in [0.2, 0.25) is 17.8 Å². The van der Waals surface area contributed by atoms with Gasteiger partial charge >= 0.3 is 0 Å². The Bertz CT molecular complexity index is 627. The SMILES string of the molecule is CC1CCN(c2nc(N3C[C@H](N)C[C@H](N)C3)nc(N3C[C@H](N)C[C@H](N)C3)n2)CC1. The summed E-state index contributed by atoms with van der Waals surface area (Å²) in [7, 11) is 0. The van der Waals surface area contributed by atoms with Crippen molar-refractivity contribution in [2.75, 3.05) is 54.0 Å². The van der Waals surface area contributed by atoms with E-state index in [-0.39, 0.29) is 24.2 Å². The zero-order valence-corrected chi connectivity index (χ0v) is 17.5. The molecular formula is C19H36N10. The minimum absolute atomic E-state index is 0.0232. The summed E-state index contributed by atoms with van der Waals surface area (Å²) >= 11 is 0. The summed E-state index contributed by atoms with van der Waals surface area (Å²) in [4.78, 5) is 21.0. The van der Waals surface area contributed by atoms with Gasteiger partial charge in [0, 0.05) is 63.4 Å². The number of rotatable bonds is 3. The van der Waals surface area contributed by atoms with Gasteiger partial charge in [0.05, 0.1) is 0 Å². The molecule has 1 aromatic heterocycles. The summed E-state index contributed by atoms with van der Waals surface area (Å²) in [5.74, 6) is 2.78. The van der Waals surface area contributed by atoms with E-state index in [0.29, 0.717) is 38.1 Å². The Hall–Kier alpha value is -1.75. The minimum atomic E-state index is 0.0232. The molecule has 0 amide bonds. The lowest BCUT2D eigenvalue weighted by molar-refractivity contribution is 0.429. The van der Waals surface area contributed by atoms with E-state index in [2.05, 4.69) is 21.6 Å². The van der Waals surface area contributed by atoms with E-state index in [1.807, 2.05) is 0 Å². The lowest BCUT2D eigenvalue weighted by atomic mass is 10.00. The van der Waals surface area contributed by atoms with Gasteiger partial charge in [0.15, 0.2) is 0 Å². The highest BCUT2D eigenvalue weighted by Gasteiger charge is 2.30. The number of aromatic nitrogens is 3. The predicted octanol–water partition coefficient (Wildman–Crippen LogP) is -1.16. The molecule has 10 nitrogen and oxygen atoms in total. The molecule has 0 bridgehead atoms. The first kappa shape index (κ1) is 20.5. The van der Waals surface area contributed by atoms with Crippen LogP contribution in [-0.2, 0) is 0 Å². The fourth-order valence-electron chi connectivity index (χ4n) is 4.66. The van der Waals surface area contributed by atoms with E-state index < -0.39 is 0 Å². The summed E-state index contributed by atoms with van der Waals surface area (Å²) in [5.41, 5.74) is 24.9. The molecule has 4 heterocycles. The molecule has 0 aromatic carbocycles. The van der Waals surface area contributed by atoms with Gasteiger partial charge in [-0.3, -0.25) is 0 Å². The first-order chi connectivity index (χ1) is 13.9. The highest BCUT2D eigenvalue weighted by molar-refractivity contribution is 5.48. The number of hydrogen-bond donors (Lipinski definition) is 4. The van der Waals surface area contributed by atoms with Crippen LogP contribution in [0.4, 0.5) is 17.8 Å². The topological polar surface area (TPSA) is 152 Å². The van der Waals surface area contributed by atoms with E-state index in [0.717, 1.165) is 50.6 Å². The lowest BCUT2D eigenvalue weighted by Crippen LogP contribution is -2.54. The molecule has 162 valence electrons. The molecule has 4 rings (SSSR count). The van der Waals surface area contributed by atoms with Crippen molar-refractivity contribution in [1.82, 2.24) is 15.0 Å². The van der Waals surface area contributed by atoms with Crippen molar-refractivity contribution < 1.29 is 0 Å². The molecule has 8 N–H and O–H groups in total. The first-order valence-corrected chi connectivity index (χ1v) is 10.9. The van der Waals surface area contributed by atoms with Crippen molar-refractivity contribution in [3.63, 3.8) is 0 Å². The molecule has 29 heavy (non-hydrogen) atoms. The van der Waals surface area contributed by atoms with Gasteiger partial charge in [-0.05, 0) is 31.6 Å². The normalized spacial score (nSPS) is 32.0. The smallest absolute Gasteiger partial charge is 0.232 e. The van der Waals surface area contributed by atoms with Crippen LogP contribution in [-0.4, -0.2) is 78.4 Å². The third-order valence-electron chi connectivity index (χ3n) is 6.26. The molecule has 3 saturated heterocycles. The number of piperidine rings is 3. The zero-order valence-electron chi connectivity index (χ0n) is 17.5. The Labute approximate surface area is 173 Å². The molecule has 0 aliphatic carbocycles. The van der Waals surface area contributed by atoms with Crippen LogP contribution in [0.3, 0.4) is 0 Å². The summed E-state index contributed by atoms with van der Waals surface area (Å²) in [6, 6.07) is 0.0929. The van der Waals surface area contributed by atoms with Gasteiger partial charge in [-0.1, -0.05) is 6.92 Å². The molecule has 3 aliphatic heterocycles. The maximum atomic E-state index is 6.22. The number of nitrogens with two attached hydrogens (primary N) is 4. The Morgan fingerprint density at radius 1 is 0.621 bits per heavy atom. The van der Waals surface area contributed by atoms with Crippen molar-refractivity contribution in [3.05, 3.63) is 0 Å². The van der Waals surface area contributed by atoms with Crippen molar-refractivity contribution in [3.8, 4) is 0 Å². The van der Waals surface area contributed by atoms with Crippen LogP contribution in [0.15, 0.2) is 0 Å². The monoisotopic (exact) mass is 404 g/mol. The van der Waals surface area contributed by atoms with Gasteiger partial charge in [-0.25, -0.2) is 0 Å². The second kappa shape index (κ2) is 8.55. The highest BCUT2D eigenvalue weighted by Crippen LogP contribution is 2.26. The first-order valence-electron chi connectivity index (χ1n) is 10.9. The van der Waals surface area contributed by atoms with Gasteiger partial charge < -0.3 is 37.6 Å². The Morgan fingerprint density at radius 3 is 1.34 bits per heavy atom. The van der Waals surface area contributed by atoms with Crippen molar-refractivity contribution in [2.24, 2.45) is 28.9 Å². The fourth-order valence-corrected chi connectivity index (χ4v) is 4.66. The van der Waals surface area contributed by atoms with Crippen LogP contribution in [0.5, 0.6) is 0 Å². The molecule has 0 unspecified atom stereocenters. The van der Waals surface area contributed by atoms with Crippen molar-refractivity contribution in [2.45, 2.75) is 56.8 Å². The summed E-state index contributed by atoms with van der Waals surface area (Å²) < 4.78 is 0. The number of nitrogens with zero attached hydrogens (tertiary/aromatic N) is 6. The average molecular weight is 405 g/mol. The molecule has 1 aromatic rings. The van der Waals surface area contributed by atoms with Gasteiger partial charge in [-0.15, -0.1) is 0 Å². The number of anilines is 3. The van der Waals surface area contributed by atoms with Gasteiger partial charge in [0.1, 0.15) is 0 Å². The maximum absolute atomic E-state index is 6.22. The zero-order chi connectivity index (χ0) is 20.5. The molecule has 0 saturated carbocycles. The average Bonchev–Trinajstić information content (AvgIpc) is 2.67. The molecule has 0 radical (unpaired) electrons. The summed E-state index contributed by atoms with van der Waals surface area (Å²) in [5, 5.41) is 0. The van der Waals surface area contributed by atoms with Crippen LogP contribution >= 0.6 is 0 Å². The lowest BCUT2D eigenvalue weighted by Gasteiger charge is -2.38. The summed E-state index contributed by atoms with van der Waals surface area (Å²) in [6.45, 7) is 7.03. The second-order valence-electron chi connectivity index (χ2n) is 9.23. The van der Waals surface area contributed by atoms with Crippen LogP contribution in [0, 0.1) is 5.92 Å². The molecule has 3 aliphatic rings. The number of hydrogen-bond acceptors (Lipinski definition) is 10. The molecule has 0 spiro atoms. The quantitative estimate of drug-likeness (QED) is 0.485. The van der Waals surface area contributed by atoms with Crippen molar-refractivity contribution in [1.29, 1.82) is 0 Å². The van der Waals surface area contributed by atoms with Crippen LogP contribution in [0.1, 0.15) is 32.6 Å². The van der Waals surface area contributed by atoms with Crippen molar-refractivity contribution >= 4 is 17.8 Å². The summed E-state index contributed by atoms with van der Waals surface area (Å²) in [6.07, 6.45) is 3.94. The standard InChI is InChI=1S/C19H36N10/c1-12-2-4-27(5-3-12)17-24-18(28-8-13(20)6-14(21)9-28)26-19(25-17)29-10-15(22)7-16(23)11-29/h12-16H,2-11,20-23H2,1H3/t13-,14+,15-,16+.